The van der Waals surface area contributed by atoms with Crippen molar-refractivity contribution in [3.8, 4) is 17.0 Å². The predicted octanol–water partition coefficient (Wildman–Crippen LogP) is 5.12. The summed E-state index contributed by atoms with van der Waals surface area (Å²) in [5.41, 5.74) is 3.00. The van der Waals surface area contributed by atoms with E-state index >= 15 is 0 Å². The number of anilines is 1. The zero-order valence-electron chi connectivity index (χ0n) is 18.0. The molecule has 164 valence electrons. The molecule has 9 heteroatoms. The number of rotatable bonds is 8. The SMILES string of the molecule is Cc1cccc(OC(C)c2nnc(SCC(=O)Nc3nc(-c4ccccc4)cs3)n2C)c1. The number of hydrogen-bond donors (Lipinski definition) is 1. The Morgan fingerprint density at radius 1 is 1.19 bits per heavy atom. The number of nitrogens with zero attached hydrogens (tertiary/aromatic N) is 4. The molecule has 0 bridgehead atoms. The second-order valence-electron chi connectivity index (χ2n) is 7.22. The third kappa shape index (κ3) is 5.35. The number of aromatic nitrogens is 4. The van der Waals surface area contributed by atoms with Crippen molar-refractivity contribution in [1.29, 1.82) is 0 Å². The highest BCUT2D eigenvalue weighted by Gasteiger charge is 2.18. The van der Waals surface area contributed by atoms with Crippen LogP contribution in [0.1, 0.15) is 24.4 Å². The van der Waals surface area contributed by atoms with Crippen molar-refractivity contribution in [2.45, 2.75) is 25.1 Å². The number of amides is 1. The highest BCUT2D eigenvalue weighted by Crippen LogP contribution is 2.26. The molecular weight excluding hydrogens is 442 g/mol. The van der Waals surface area contributed by atoms with E-state index < -0.39 is 0 Å². The molecule has 1 atom stereocenters. The van der Waals surface area contributed by atoms with Crippen molar-refractivity contribution >= 4 is 34.1 Å². The first kappa shape index (κ1) is 22.0. The fourth-order valence-corrected chi connectivity index (χ4v) is 4.56. The monoisotopic (exact) mass is 465 g/mol. The first-order chi connectivity index (χ1) is 15.5. The van der Waals surface area contributed by atoms with Crippen LogP contribution in [0.3, 0.4) is 0 Å². The van der Waals surface area contributed by atoms with E-state index in [2.05, 4.69) is 20.5 Å². The molecular formula is C23H23N5O2S2. The molecule has 1 amide bonds. The van der Waals surface area contributed by atoms with Crippen molar-refractivity contribution in [2.75, 3.05) is 11.1 Å². The molecule has 0 aliphatic heterocycles. The Bertz CT molecular complexity index is 1210. The summed E-state index contributed by atoms with van der Waals surface area (Å²) in [6.45, 7) is 3.95. The number of hydrogen-bond acceptors (Lipinski definition) is 7. The van der Waals surface area contributed by atoms with Crippen LogP contribution < -0.4 is 10.1 Å². The summed E-state index contributed by atoms with van der Waals surface area (Å²) in [6.07, 6.45) is -0.274. The highest BCUT2D eigenvalue weighted by atomic mass is 32.2. The van der Waals surface area contributed by atoms with E-state index in [4.69, 9.17) is 4.74 Å². The number of carbonyl (C=O) groups excluding carboxylic acids is 1. The van der Waals surface area contributed by atoms with Crippen LogP contribution in [0.15, 0.2) is 65.1 Å². The fourth-order valence-electron chi connectivity index (χ4n) is 3.11. The van der Waals surface area contributed by atoms with Gasteiger partial charge < -0.3 is 14.6 Å². The van der Waals surface area contributed by atoms with Gasteiger partial charge in [-0.2, -0.15) is 0 Å². The number of aryl methyl sites for hydroxylation is 1. The van der Waals surface area contributed by atoms with Gasteiger partial charge in [-0.25, -0.2) is 4.98 Å². The minimum atomic E-state index is -0.274. The van der Waals surface area contributed by atoms with E-state index in [9.17, 15) is 4.79 Å². The predicted molar refractivity (Wildman–Crippen MR) is 128 cm³/mol. The lowest BCUT2D eigenvalue weighted by Gasteiger charge is -2.14. The molecule has 2 heterocycles. The molecule has 2 aromatic heterocycles. The number of carbonyl (C=O) groups is 1. The molecule has 0 saturated carbocycles. The van der Waals surface area contributed by atoms with Gasteiger partial charge in [0, 0.05) is 18.0 Å². The first-order valence-electron chi connectivity index (χ1n) is 10.1. The largest absolute Gasteiger partial charge is 0.483 e. The average molecular weight is 466 g/mol. The normalized spacial score (nSPS) is 11.8. The molecule has 32 heavy (non-hydrogen) atoms. The number of benzene rings is 2. The second-order valence-corrected chi connectivity index (χ2v) is 9.02. The van der Waals surface area contributed by atoms with Gasteiger partial charge in [0.05, 0.1) is 11.4 Å². The Morgan fingerprint density at radius 3 is 2.78 bits per heavy atom. The third-order valence-electron chi connectivity index (χ3n) is 4.69. The summed E-state index contributed by atoms with van der Waals surface area (Å²) < 4.78 is 7.86. The van der Waals surface area contributed by atoms with Gasteiger partial charge in [-0.15, -0.1) is 21.5 Å². The van der Waals surface area contributed by atoms with E-state index in [1.165, 1.54) is 23.1 Å². The number of thiazole rings is 1. The zero-order chi connectivity index (χ0) is 22.5. The zero-order valence-corrected chi connectivity index (χ0v) is 19.6. The number of thioether (sulfide) groups is 1. The van der Waals surface area contributed by atoms with Gasteiger partial charge in [0.1, 0.15) is 5.75 Å². The van der Waals surface area contributed by atoms with Gasteiger partial charge >= 0.3 is 0 Å². The van der Waals surface area contributed by atoms with E-state index in [0.29, 0.717) is 16.1 Å². The van der Waals surface area contributed by atoms with Crippen LogP contribution >= 0.6 is 23.1 Å². The minimum absolute atomic E-state index is 0.141. The van der Waals surface area contributed by atoms with Crippen molar-refractivity contribution in [3.63, 3.8) is 0 Å². The van der Waals surface area contributed by atoms with Crippen LogP contribution in [-0.2, 0) is 11.8 Å². The Hall–Kier alpha value is -3.17. The van der Waals surface area contributed by atoms with Gasteiger partial charge in [0.15, 0.2) is 22.2 Å². The Kier molecular flexibility index (Phi) is 6.87. The summed E-state index contributed by atoms with van der Waals surface area (Å²) in [5, 5.41) is 14.5. The van der Waals surface area contributed by atoms with Crippen LogP contribution in [0.4, 0.5) is 5.13 Å². The van der Waals surface area contributed by atoms with Gasteiger partial charge in [-0.05, 0) is 31.5 Å². The van der Waals surface area contributed by atoms with E-state index in [0.717, 1.165) is 22.6 Å². The smallest absolute Gasteiger partial charge is 0.236 e. The Labute approximate surface area is 194 Å². The van der Waals surface area contributed by atoms with E-state index in [-0.39, 0.29) is 17.8 Å². The molecule has 0 radical (unpaired) electrons. The quantitative estimate of drug-likeness (QED) is 0.364. The van der Waals surface area contributed by atoms with Crippen LogP contribution in [0.25, 0.3) is 11.3 Å². The summed E-state index contributed by atoms with van der Waals surface area (Å²) in [6, 6.07) is 17.8. The molecule has 0 spiro atoms. The first-order valence-corrected chi connectivity index (χ1v) is 11.9. The molecule has 0 fully saturated rings. The van der Waals surface area contributed by atoms with Gasteiger partial charge in [-0.1, -0.05) is 54.2 Å². The van der Waals surface area contributed by atoms with Crippen molar-refractivity contribution in [3.05, 3.63) is 71.4 Å². The molecule has 2 aromatic carbocycles. The molecule has 1 N–H and O–H groups in total. The Morgan fingerprint density at radius 2 is 2.00 bits per heavy atom. The third-order valence-corrected chi connectivity index (χ3v) is 6.46. The Balaban J connectivity index is 1.33. The van der Waals surface area contributed by atoms with Crippen molar-refractivity contribution < 1.29 is 9.53 Å². The molecule has 7 nitrogen and oxygen atoms in total. The maximum absolute atomic E-state index is 12.4. The maximum Gasteiger partial charge on any atom is 0.236 e. The molecule has 0 saturated heterocycles. The van der Waals surface area contributed by atoms with Crippen molar-refractivity contribution in [1.82, 2.24) is 19.7 Å². The van der Waals surface area contributed by atoms with Crippen LogP contribution in [-0.4, -0.2) is 31.4 Å². The number of nitrogens with one attached hydrogen (secondary N) is 1. The molecule has 0 aliphatic carbocycles. The minimum Gasteiger partial charge on any atom is -0.483 e. The van der Waals surface area contributed by atoms with Gasteiger partial charge in [-0.3, -0.25) is 4.79 Å². The summed E-state index contributed by atoms with van der Waals surface area (Å²) in [7, 11) is 1.87. The van der Waals surface area contributed by atoms with Crippen molar-refractivity contribution in [2.24, 2.45) is 7.05 Å². The fraction of sp³-hybridized carbons (Fsp3) is 0.217. The highest BCUT2D eigenvalue weighted by molar-refractivity contribution is 7.99. The topological polar surface area (TPSA) is 81.9 Å². The van der Waals surface area contributed by atoms with Gasteiger partial charge in [0.25, 0.3) is 0 Å². The summed E-state index contributed by atoms with van der Waals surface area (Å²) >= 11 is 2.73. The summed E-state index contributed by atoms with van der Waals surface area (Å²) in [5.74, 6) is 1.55. The number of ether oxygens (including phenoxy) is 1. The molecule has 4 aromatic rings. The second kappa shape index (κ2) is 9.97. The molecule has 4 rings (SSSR count). The van der Waals surface area contributed by atoms with Crippen LogP contribution in [0, 0.1) is 6.92 Å². The average Bonchev–Trinajstić information content (AvgIpc) is 3.39. The lowest BCUT2D eigenvalue weighted by molar-refractivity contribution is -0.113. The van der Waals surface area contributed by atoms with Crippen LogP contribution in [0.5, 0.6) is 5.75 Å². The lowest BCUT2D eigenvalue weighted by atomic mass is 10.2. The van der Waals surface area contributed by atoms with Crippen LogP contribution in [0.2, 0.25) is 0 Å². The molecule has 0 aliphatic rings. The standard InChI is InChI=1S/C23H23N5O2S2/c1-15-8-7-11-18(12-15)30-16(2)21-26-27-23(28(21)3)32-14-20(29)25-22-24-19(13-31-22)17-9-5-4-6-10-17/h4-13,16H,14H2,1-3H3,(H,24,25,29). The van der Waals surface area contributed by atoms with E-state index in [1.54, 1.807) is 0 Å². The molecule has 1 unspecified atom stereocenters. The van der Waals surface area contributed by atoms with Gasteiger partial charge in [0.2, 0.25) is 5.91 Å². The summed E-state index contributed by atoms with van der Waals surface area (Å²) in [4.78, 5) is 16.9. The maximum atomic E-state index is 12.4. The van der Waals surface area contributed by atoms with E-state index in [1.807, 2.05) is 85.4 Å². The lowest BCUT2D eigenvalue weighted by Crippen LogP contribution is -2.14.